The number of fused-ring (bicyclic) bond motifs is 1. The van der Waals surface area contributed by atoms with Gasteiger partial charge in [0.05, 0.1) is 18.2 Å². The van der Waals surface area contributed by atoms with Gasteiger partial charge in [0.2, 0.25) is 0 Å². The molecule has 3 heteroatoms. The quantitative estimate of drug-likeness (QED) is 0.623. The maximum Gasteiger partial charge on any atom is 0.151 e. The second kappa shape index (κ2) is 2.88. The molecule has 0 saturated heterocycles. The summed E-state index contributed by atoms with van der Waals surface area (Å²) in [6, 6.07) is 3.64. The maximum absolute atomic E-state index is 10.6. The average molecular weight is 183 g/mol. The number of halogens is 1. The molecule has 2 nitrogen and oxygen atoms in total. The van der Waals surface area contributed by atoms with Gasteiger partial charge in [0.25, 0.3) is 0 Å². The summed E-state index contributed by atoms with van der Waals surface area (Å²) in [5.41, 5.74) is 2.59. The number of hydrogen-bond acceptors (Lipinski definition) is 2. The van der Waals surface area contributed by atoms with Crippen molar-refractivity contribution in [1.29, 1.82) is 0 Å². The highest BCUT2D eigenvalue weighted by atomic mass is 35.5. The minimum absolute atomic E-state index is 0.504. The van der Waals surface area contributed by atoms with Crippen LogP contribution in [-0.4, -0.2) is 6.29 Å². The summed E-state index contributed by atoms with van der Waals surface area (Å²) in [5.74, 6) is 0. The summed E-state index contributed by atoms with van der Waals surface area (Å²) < 4.78 is 5.19. The number of carbonyl (C=O) groups excluding carboxylic acids is 1. The van der Waals surface area contributed by atoms with E-state index in [0.29, 0.717) is 23.8 Å². The third-order valence-corrected chi connectivity index (χ3v) is 2.35. The highest BCUT2D eigenvalue weighted by molar-refractivity contribution is 6.33. The first-order chi connectivity index (χ1) is 5.83. The van der Waals surface area contributed by atoms with Crippen LogP contribution in [0.25, 0.3) is 0 Å². The Labute approximate surface area is 75.1 Å². The third-order valence-electron chi connectivity index (χ3n) is 2.02. The molecule has 0 atom stereocenters. The molecule has 62 valence electrons. The van der Waals surface area contributed by atoms with Gasteiger partial charge in [-0.2, -0.15) is 0 Å². The van der Waals surface area contributed by atoms with E-state index in [9.17, 15) is 4.79 Å². The molecule has 0 bridgehead atoms. The molecule has 0 N–H and O–H groups in total. The van der Waals surface area contributed by atoms with E-state index < -0.39 is 0 Å². The predicted molar refractivity (Wildman–Crippen MR) is 45.3 cm³/mol. The Kier molecular flexibility index (Phi) is 1.87. The van der Waals surface area contributed by atoms with E-state index in [-0.39, 0.29) is 0 Å². The molecule has 1 aliphatic heterocycles. The van der Waals surface area contributed by atoms with Gasteiger partial charge in [0, 0.05) is 5.56 Å². The summed E-state index contributed by atoms with van der Waals surface area (Å²) in [6.07, 6.45) is 0.788. The van der Waals surface area contributed by atoms with E-state index in [2.05, 4.69) is 0 Å². The Hall–Kier alpha value is -0.860. The van der Waals surface area contributed by atoms with Gasteiger partial charge in [-0.15, -0.1) is 0 Å². The summed E-state index contributed by atoms with van der Waals surface area (Å²) in [5, 5.41) is 0.509. The van der Waals surface area contributed by atoms with Crippen LogP contribution >= 0.6 is 11.6 Å². The standard InChI is InChI=1S/C9H7ClO2/c10-9-2-1-6-4-12-5-8(6)7(9)3-11/h1-3H,4-5H2. The van der Waals surface area contributed by atoms with E-state index in [0.717, 1.165) is 17.4 Å². The lowest BCUT2D eigenvalue weighted by molar-refractivity contribution is 0.111. The van der Waals surface area contributed by atoms with E-state index in [1.807, 2.05) is 6.07 Å². The Balaban J connectivity index is 2.65. The minimum Gasteiger partial charge on any atom is -0.372 e. The molecule has 1 aromatic rings. The Morgan fingerprint density at radius 3 is 3.00 bits per heavy atom. The second-order valence-corrected chi connectivity index (χ2v) is 3.12. The average Bonchev–Trinajstić information content (AvgIpc) is 2.52. The molecule has 0 spiro atoms. The normalized spacial score (nSPS) is 14.4. The zero-order chi connectivity index (χ0) is 8.55. The fourth-order valence-corrected chi connectivity index (χ4v) is 1.60. The van der Waals surface area contributed by atoms with Crippen molar-refractivity contribution in [1.82, 2.24) is 0 Å². The van der Waals surface area contributed by atoms with Crippen molar-refractivity contribution in [2.24, 2.45) is 0 Å². The van der Waals surface area contributed by atoms with Crippen LogP contribution in [0.1, 0.15) is 21.5 Å². The Morgan fingerprint density at radius 2 is 2.25 bits per heavy atom. The van der Waals surface area contributed by atoms with Gasteiger partial charge in [-0.25, -0.2) is 0 Å². The maximum atomic E-state index is 10.6. The predicted octanol–water partition coefficient (Wildman–Crippen LogP) is 2.18. The summed E-state index contributed by atoms with van der Waals surface area (Å²) in [7, 11) is 0. The van der Waals surface area contributed by atoms with Crippen molar-refractivity contribution >= 4 is 17.9 Å². The van der Waals surface area contributed by atoms with Crippen LogP contribution in [0.3, 0.4) is 0 Å². The van der Waals surface area contributed by atoms with Gasteiger partial charge in [-0.1, -0.05) is 17.7 Å². The van der Waals surface area contributed by atoms with E-state index >= 15 is 0 Å². The molecule has 0 aliphatic carbocycles. The third kappa shape index (κ3) is 1.04. The lowest BCUT2D eigenvalue weighted by atomic mass is 10.0. The summed E-state index contributed by atoms with van der Waals surface area (Å²) >= 11 is 5.82. The van der Waals surface area contributed by atoms with E-state index in [4.69, 9.17) is 16.3 Å². The van der Waals surface area contributed by atoms with Crippen molar-refractivity contribution in [3.05, 3.63) is 33.8 Å². The number of hydrogen-bond donors (Lipinski definition) is 0. The fraction of sp³-hybridized carbons (Fsp3) is 0.222. The lowest BCUT2D eigenvalue weighted by Gasteiger charge is -2.01. The van der Waals surface area contributed by atoms with Crippen LogP contribution in [0.4, 0.5) is 0 Å². The van der Waals surface area contributed by atoms with Crippen LogP contribution in [-0.2, 0) is 18.0 Å². The SMILES string of the molecule is O=Cc1c(Cl)ccc2c1COC2. The van der Waals surface area contributed by atoms with Gasteiger partial charge >= 0.3 is 0 Å². The molecule has 0 radical (unpaired) electrons. The Bertz CT molecular complexity index is 334. The van der Waals surface area contributed by atoms with Crippen LogP contribution in [0.15, 0.2) is 12.1 Å². The smallest absolute Gasteiger partial charge is 0.151 e. The fourth-order valence-electron chi connectivity index (χ4n) is 1.38. The van der Waals surface area contributed by atoms with Gasteiger partial charge in [0.1, 0.15) is 0 Å². The molecular formula is C9H7ClO2. The van der Waals surface area contributed by atoms with Crippen molar-refractivity contribution in [3.8, 4) is 0 Å². The zero-order valence-electron chi connectivity index (χ0n) is 6.34. The first kappa shape index (κ1) is 7.77. The van der Waals surface area contributed by atoms with Crippen LogP contribution in [0, 0.1) is 0 Å². The van der Waals surface area contributed by atoms with Crippen LogP contribution in [0.5, 0.6) is 0 Å². The van der Waals surface area contributed by atoms with Crippen molar-refractivity contribution in [2.45, 2.75) is 13.2 Å². The molecule has 0 unspecified atom stereocenters. The number of rotatable bonds is 1. The summed E-state index contributed by atoms with van der Waals surface area (Å²) in [6.45, 7) is 1.09. The van der Waals surface area contributed by atoms with Crippen molar-refractivity contribution in [2.75, 3.05) is 0 Å². The minimum atomic E-state index is 0.504. The molecule has 1 heterocycles. The highest BCUT2D eigenvalue weighted by Crippen LogP contribution is 2.27. The molecule has 12 heavy (non-hydrogen) atoms. The Morgan fingerprint density at radius 1 is 1.42 bits per heavy atom. The topological polar surface area (TPSA) is 26.3 Å². The summed E-state index contributed by atoms with van der Waals surface area (Å²) in [4.78, 5) is 10.6. The molecule has 0 saturated carbocycles. The lowest BCUT2D eigenvalue weighted by Crippen LogP contribution is -1.92. The van der Waals surface area contributed by atoms with Crippen LogP contribution in [0.2, 0.25) is 5.02 Å². The van der Waals surface area contributed by atoms with Gasteiger partial charge in [-0.05, 0) is 17.2 Å². The van der Waals surface area contributed by atoms with Crippen LogP contribution < -0.4 is 0 Å². The molecular weight excluding hydrogens is 176 g/mol. The second-order valence-electron chi connectivity index (χ2n) is 2.71. The highest BCUT2D eigenvalue weighted by Gasteiger charge is 2.16. The first-order valence-corrected chi connectivity index (χ1v) is 4.04. The molecule has 1 aromatic carbocycles. The van der Waals surface area contributed by atoms with Crippen molar-refractivity contribution < 1.29 is 9.53 Å². The van der Waals surface area contributed by atoms with Gasteiger partial charge in [0.15, 0.2) is 6.29 Å². The largest absolute Gasteiger partial charge is 0.372 e. The number of ether oxygens (including phenoxy) is 1. The molecule has 2 rings (SSSR count). The van der Waals surface area contributed by atoms with E-state index in [1.54, 1.807) is 6.07 Å². The van der Waals surface area contributed by atoms with Gasteiger partial charge < -0.3 is 4.74 Å². The number of benzene rings is 1. The molecule has 0 aromatic heterocycles. The number of aldehydes is 1. The van der Waals surface area contributed by atoms with E-state index in [1.165, 1.54) is 0 Å². The number of carbonyl (C=O) groups is 1. The molecule has 0 amide bonds. The molecule has 0 fully saturated rings. The van der Waals surface area contributed by atoms with Crippen molar-refractivity contribution in [3.63, 3.8) is 0 Å². The first-order valence-electron chi connectivity index (χ1n) is 3.66. The zero-order valence-corrected chi connectivity index (χ0v) is 7.10. The monoisotopic (exact) mass is 182 g/mol. The molecule has 1 aliphatic rings. The van der Waals surface area contributed by atoms with Gasteiger partial charge in [-0.3, -0.25) is 4.79 Å².